The third kappa shape index (κ3) is 2.03. The third-order valence-electron chi connectivity index (χ3n) is 2.52. The number of hydrogen-bond donors (Lipinski definition) is 0. The Morgan fingerprint density at radius 2 is 1.81 bits per heavy atom. The molecule has 0 aromatic carbocycles. The monoisotopic (exact) mass is 213 g/mol. The molecule has 0 atom stereocenters. The Balaban J connectivity index is 2.39. The van der Waals surface area contributed by atoms with Gasteiger partial charge in [0.15, 0.2) is 0 Å². The zero-order chi connectivity index (χ0) is 11.5. The maximum atomic E-state index is 4.56. The summed E-state index contributed by atoms with van der Waals surface area (Å²) in [5, 5.41) is 4.56. The van der Waals surface area contributed by atoms with Crippen LogP contribution >= 0.6 is 0 Å². The van der Waals surface area contributed by atoms with Gasteiger partial charge in [-0.15, -0.1) is 0 Å². The number of nitrogens with zero attached hydrogens (tertiary/aromatic N) is 3. The van der Waals surface area contributed by atoms with Crippen LogP contribution in [0.15, 0.2) is 41.6 Å². The summed E-state index contributed by atoms with van der Waals surface area (Å²) in [6, 6.07) is 9.96. The molecule has 2 rings (SSSR count). The molecule has 0 N–H and O–H groups in total. The number of rotatable bonds is 2. The topological polar surface area (TPSA) is 30.2 Å². The second kappa shape index (κ2) is 4.31. The molecular weight excluding hydrogens is 198 g/mol. The molecule has 0 bridgehead atoms. The molecule has 2 heterocycles. The van der Waals surface area contributed by atoms with Gasteiger partial charge in [-0.25, -0.2) is 4.68 Å². The Morgan fingerprint density at radius 1 is 1.12 bits per heavy atom. The second-order valence-electron chi connectivity index (χ2n) is 3.83. The van der Waals surface area contributed by atoms with Crippen LogP contribution in [0.5, 0.6) is 0 Å². The highest BCUT2D eigenvalue weighted by Crippen LogP contribution is 2.08. The highest BCUT2D eigenvalue weighted by atomic mass is 15.4. The van der Waals surface area contributed by atoms with Gasteiger partial charge in [0.25, 0.3) is 0 Å². The first kappa shape index (κ1) is 10.6. The quantitative estimate of drug-likeness (QED) is 0.705. The van der Waals surface area contributed by atoms with Crippen LogP contribution in [0.1, 0.15) is 24.0 Å². The van der Waals surface area contributed by atoms with E-state index in [0.717, 1.165) is 22.8 Å². The Kier molecular flexibility index (Phi) is 2.86. The number of pyridine rings is 1. The first-order chi connectivity index (χ1) is 7.68. The van der Waals surface area contributed by atoms with Crippen molar-refractivity contribution in [2.45, 2.75) is 20.8 Å². The predicted octanol–water partition coefficient (Wildman–Crippen LogP) is 2.77. The molecule has 3 nitrogen and oxygen atoms in total. The Morgan fingerprint density at radius 3 is 2.38 bits per heavy atom. The normalized spacial score (nSPS) is 11.8. The molecule has 0 spiro atoms. The predicted molar refractivity (Wildman–Crippen MR) is 65.8 cm³/mol. The van der Waals surface area contributed by atoms with Crippen molar-refractivity contribution in [1.29, 1.82) is 0 Å². The SMILES string of the molecule is CC(=Nn1c(C)ccc1C)c1ccccn1. The van der Waals surface area contributed by atoms with Gasteiger partial charge < -0.3 is 0 Å². The lowest BCUT2D eigenvalue weighted by Gasteiger charge is -2.04. The van der Waals surface area contributed by atoms with Crippen molar-refractivity contribution < 1.29 is 0 Å². The minimum absolute atomic E-state index is 0.912. The van der Waals surface area contributed by atoms with Gasteiger partial charge in [0.2, 0.25) is 0 Å². The molecule has 0 aliphatic heterocycles. The van der Waals surface area contributed by atoms with Crippen molar-refractivity contribution >= 4 is 5.71 Å². The molecule has 16 heavy (non-hydrogen) atoms. The van der Waals surface area contributed by atoms with E-state index in [2.05, 4.69) is 22.2 Å². The highest BCUT2D eigenvalue weighted by molar-refractivity contribution is 5.96. The van der Waals surface area contributed by atoms with Gasteiger partial charge in [-0.1, -0.05) is 6.07 Å². The molecule has 0 unspecified atom stereocenters. The summed E-state index contributed by atoms with van der Waals surface area (Å²) < 4.78 is 1.93. The minimum Gasteiger partial charge on any atom is -0.255 e. The fourth-order valence-corrected chi connectivity index (χ4v) is 1.60. The van der Waals surface area contributed by atoms with Gasteiger partial charge in [0.05, 0.1) is 11.4 Å². The van der Waals surface area contributed by atoms with Gasteiger partial charge >= 0.3 is 0 Å². The zero-order valence-electron chi connectivity index (χ0n) is 9.81. The number of aromatic nitrogens is 2. The summed E-state index contributed by atoms with van der Waals surface area (Å²) in [6.07, 6.45) is 1.78. The van der Waals surface area contributed by atoms with Crippen LogP contribution in [0.3, 0.4) is 0 Å². The van der Waals surface area contributed by atoms with Crippen LogP contribution in [0.2, 0.25) is 0 Å². The molecule has 2 aromatic heterocycles. The summed E-state index contributed by atoms with van der Waals surface area (Å²) in [7, 11) is 0. The molecule has 3 heteroatoms. The molecule has 2 aromatic rings. The standard InChI is InChI=1S/C13H15N3/c1-10-7-8-11(2)16(10)15-12(3)13-6-4-5-9-14-13/h4-9H,1-3H3. The smallest absolute Gasteiger partial charge is 0.0859 e. The van der Waals surface area contributed by atoms with E-state index in [9.17, 15) is 0 Å². The van der Waals surface area contributed by atoms with Gasteiger partial charge in [-0.3, -0.25) is 4.98 Å². The van der Waals surface area contributed by atoms with Gasteiger partial charge in [0.1, 0.15) is 0 Å². The summed E-state index contributed by atoms with van der Waals surface area (Å²) in [4.78, 5) is 4.27. The number of aryl methyl sites for hydroxylation is 2. The van der Waals surface area contributed by atoms with Crippen LogP contribution in [0.25, 0.3) is 0 Å². The lowest BCUT2D eigenvalue weighted by molar-refractivity contribution is 0.811. The van der Waals surface area contributed by atoms with Crippen molar-refractivity contribution in [3.63, 3.8) is 0 Å². The first-order valence-electron chi connectivity index (χ1n) is 5.30. The Hall–Kier alpha value is -1.90. The molecule has 0 fully saturated rings. The molecule has 0 radical (unpaired) electrons. The summed E-state index contributed by atoms with van der Waals surface area (Å²) >= 11 is 0. The largest absolute Gasteiger partial charge is 0.255 e. The lowest BCUT2D eigenvalue weighted by Crippen LogP contribution is -2.03. The average Bonchev–Trinajstić information content (AvgIpc) is 2.62. The maximum Gasteiger partial charge on any atom is 0.0859 e. The van der Waals surface area contributed by atoms with Crippen LogP contribution in [-0.4, -0.2) is 15.4 Å². The second-order valence-corrected chi connectivity index (χ2v) is 3.83. The summed E-state index contributed by atoms with van der Waals surface area (Å²) in [5.41, 5.74) is 4.10. The molecule has 0 aliphatic carbocycles. The van der Waals surface area contributed by atoms with E-state index < -0.39 is 0 Å². The van der Waals surface area contributed by atoms with Crippen molar-refractivity contribution in [3.8, 4) is 0 Å². The minimum atomic E-state index is 0.912. The van der Waals surface area contributed by atoms with Gasteiger partial charge in [-0.05, 0) is 45.0 Å². The van der Waals surface area contributed by atoms with Crippen LogP contribution in [0.4, 0.5) is 0 Å². The van der Waals surface area contributed by atoms with E-state index >= 15 is 0 Å². The molecule has 82 valence electrons. The molecule has 0 aliphatic rings. The van der Waals surface area contributed by atoms with E-state index in [4.69, 9.17) is 0 Å². The molecule has 0 saturated heterocycles. The van der Waals surface area contributed by atoms with E-state index in [-0.39, 0.29) is 0 Å². The van der Waals surface area contributed by atoms with Crippen molar-refractivity contribution in [1.82, 2.24) is 9.66 Å². The maximum absolute atomic E-state index is 4.56. The Bertz CT molecular complexity index is 490. The first-order valence-corrected chi connectivity index (χ1v) is 5.30. The van der Waals surface area contributed by atoms with Gasteiger partial charge in [0, 0.05) is 17.6 Å². The fraction of sp³-hybridized carbons (Fsp3) is 0.231. The fourth-order valence-electron chi connectivity index (χ4n) is 1.60. The van der Waals surface area contributed by atoms with Crippen LogP contribution in [0, 0.1) is 13.8 Å². The summed E-state index contributed by atoms with van der Waals surface area (Å²) in [6.45, 7) is 6.06. The number of hydrogen-bond acceptors (Lipinski definition) is 2. The van der Waals surface area contributed by atoms with E-state index in [1.165, 1.54) is 0 Å². The Labute approximate surface area is 95.5 Å². The third-order valence-corrected chi connectivity index (χ3v) is 2.52. The van der Waals surface area contributed by atoms with Crippen molar-refractivity contribution in [3.05, 3.63) is 53.6 Å². The van der Waals surface area contributed by atoms with Crippen LogP contribution < -0.4 is 0 Å². The molecular formula is C13H15N3. The highest BCUT2D eigenvalue weighted by Gasteiger charge is 2.02. The average molecular weight is 213 g/mol. The zero-order valence-corrected chi connectivity index (χ0v) is 9.81. The lowest BCUT2D eigenvalue weighted by atomic mass is 10.3. The van der Waals surface area contributed by atoms with Crippen LogP contribution in [-0.2, 0) is 0 Å². The van der Waals surface area contributed by atoms with E-state index in [1.807, 2.05) is 43.6 Å². The van der Waals surface area contributed by atoms with Crippen molar-refractivity contribution in [2.75, 3.05) is 0 Å². The molecule has 0 saturated carbocycles. The summed E-state index contributed by atoms with van der Waals surface area (Å²) in [5.74, 6) is 0. The molecule has 0 amide bonds. The van der Waals surface area contributed by atoms with Crippen molar-refractivity contribution in [2.24, 2.45) is 5.10 Å². The van der Waals surface area contributed by atoms with E-state index in [1.54, 1.807) is 6.20 Å². The van der Waals surface area contributed by atoms with Gasteiger partial charge in [-0.2, -0.15) is 5.10 Å². The van der Waals surface area contributed by atoms with E-state index in [0.29, 0.717) is 0 Å².